The van der Waals surface area contributed by atoms with E-state index >= 15 is 0 Å². The molecule has 0 amide bonds. The van der Waals surface area contributed by atoms with Crippen LogP contribution in [-0.2, 0) is 4.79 Å². The number of aliphatic carboxylic acids is 1. The van der Waals surface area contributed by atoms with Crippen LogP contribution in [0.3, 0.4) is 0 Å². The summed E-state index contributed by atoms with van der Waals surface area (Å²) in [6.45, 7) is 1.78. The van der Waals surface area contributed by atoms with Gasteiger partial charge < -0.3 is 10.4 Å². The number of carbonyl (C=O) groups is 1. The molecule has 1 aromatic rings. The zero-order valence-corrected chi connectivity index (χ0v) is 10.4. The highest BCUT2D eigenvalue weighted by molar-refractivity contribution is 5.73. The van der Waals surface area contributed by atoms with Crippen LogP contribution in [0.2, 0.25) is 0 Å². The summed E-state index contributed by atoms with van der Waals surface area (Å²) >= 11 is 0. The first-order valence-electron chi connectivity index (χ1n) is 5.90. The number of nitrogens with one attached hydrogen (secondary N) is 1. The fourth-order valence-electron chi connectivity index (χ4n) is 2.11. The Morgan fingerprint density at radius 1 is 1.47 bits per heavy atom. The number of nitro groups is 1. The molecule has 0 aliphatic heterocycles. The van der Waals surface area contributed by atoms with Gasteiger partial charge in [-0.3, -0.25) is 14.9 Å². The molecule has 0 spiro atoms. The lowest BCUT2D eigenvalue weighted by atomic mass is 10.1. The summed E-state index contributed by atoms with van der Waals surface area (Å²) in [6, 6.07) is 4.52. The Morgan fingerprint density at radius 3 is 2.74 bits per heavy atom. The highest BCUT2D eigenvalue weighted by Crippen LogP contribution is 2.26. The van der Waals surface area contributed by atoms with Gasteiger partial charge in [-0.15, -0.1) is 0 Å². The van der Waals surface area contributed by atoms with Crippen LogP contribution >= 0.6 is 0 Å². The standard InChI is InChI=1S/C13H14N2O4/c1-8-6-11(15(18)19)4-5-12(8)14-10-3-2-9(7-10)13(16)17/h2-6,9-10,14H,7H2,1H3,(H,16,17). The molecular formula is C13H14N2O4. The van der Waals surface area contributed by atoms with Gasteiger partial charge in [-0.1, -0.05) is 12.2 Å². The van der Waals surface area contributed by atoms with Crippen LogP contribution in [-0.4, -0.2) is 22.0 Å². The molecule has 100 valence electrons. The monoisotopic (exact) mass is 262 g/mol. The van der Waals surface area contributed by atoms with Gasteiger partial charge in [-0.05, 0) is 25.0 Å². The maximum Gasteiger partial charge on any atom is 0.310 e. The second-order valence-electron chi connectivity index (χ2n) is 4.57. The molecule has 2 rings (SSSR count). The van der Waals surface area contributed by atoms with Crippen LogP contribution in [0.1, 0.15) is 12.0 Å². The van der Waals surface area contributed by atoms with Gasteiger partial charge >= 0.3 is 5.97 Å². The highest BCUT2D eigenvalue weighted by Gasteiger charge is 2.24. The molecule has 0 fully saturated rings. The molecule has 0 aromatic heterocycles. The minimum atomic E-state index is -0.832. The number of hydrogen-bond donors (Lipinski definition) is 2. The zero-order chi connectivity index (χ0) is 14.0. The molecule has 1 aliphatic rings. The van der Waals surface area contributed by atoms with Crippen molar-refractivity contribution in [3.8, 4) is 0 Å². The van der Waals surface area contributed by atoms with Crippen molar-refractivity contribution in [1.29, 1.82) is 0 Å². The summed E-state index contributed by atoms with van der Waals surface area (Å²) < 4.78 is 0. The van der Waals surface area contributed by atoms with E-state index in [1.807, 2.05) is 6.08 Å². The van der Waals surface area contributed by atoms with Gasteiger partial charge in [0.1, 0.15) is 0 Å². The summed E-state index contributed by atoms with van der Waals surface area (Å²) in [7, 11) is 0. The van der Waals surface area contributed by atoms with E-state index in [1.54, 1.807) is 19.1 Å². The molecule has 1 aliphatic carbocycles. The first kappa shape index (κ1) is 13.1. The average Bonchev–Trinajstić information content (AvgIpc) is 2.80. The lowest BCUT2D eigenvalue weighted by molar-refractivity contribution is -0.384. The first-order valence-corrected chi connectivity index (χ1v) is 5.90. The van der Waals surface area contributed by atoms with Crippen molar-refractivity contribution in [3.05, 3.63) is 46.0 Å². The quantitative estimate of drug-likeness (QED) is 0.493. The van der Waals surface area contributed by atoms with E-state index in [9.17, 15) is 14.9 Å². The Hall–Kier alpha value is -2.37. The van der Waals surface area contributed by atoms with Crippen LogP contribution in [0.25, 0.3) is 0 Å². The number of carboxylic acids is 1. The van der Waals surface area contributed by atoms with Crippen LogP contribution < -0.4 is 5.32 Å². The number of benzene rings is 1. The molecule has 2 unspecified atom stereocenters. The van der Waals surface area contributed by atoms with Crippen LogP contribution in [0, 0.1) is 23.0 Å². The van der Waals surface area contributed by atoms with Crippen molar-refractivity contribution in [3.63, 3.8) is 0 Å². The van der Waals surface area contributed by atoms with Gasteiger partial charge in [0, 0.05) is 23.9 Å². The predicted octanol–water partition coefficient (Wildman–Crippen LogP) is 2.34. The summed E-state index contributed by atoms with van der Waals surface area (Å²) in [4.78, 5) is 21.0. The van der Waals surface area contributed by atoms with Crippen molar-refractivity contribution < 1.29 is 14.8 Å². The van der Waals surface area contributed by atoms with Crippen LogP contribution in [0.5, 0.6) is 0 Å². The fraction of sp³-hybridized carbons (Fsp3) is 0.308. The van der Waals surface area contributed by atoms with Gasteiger partial charge in [0.15, 0.2) is 0 Å². The minimum absolute atomic E-state index is 0.0495. The van der Waals surface area contributed by atoms with E-state index < -0.39 is 16.8 Å². The Labute approximate surface area is 109 Å². The first-order chi connectivity index (χ1) is 8.97. The van der Waals surface area contributed by atoms with Gasteiger partial charge in [0.05, 0.1) is 10.8 Å². The van der Waals surface area contributed by atoms with Crippen molar-refractivity contribution >= 4 is 17.3 Å². The van der Waals surface area contributed by atoms with Gasteiger partial charge in [-0.2, -0.15) is 0 Å². The summed E-state index contributed by atoms with van der Waals surface area (Å²) in [5, 5.41) is 22.7. The molecule has 19 heavy (non-hydrogen) atoms. The molecule has 2 atom stereocenters. The molecule has 0 saturated heterocycles. The number of anilines is 1. The van der Waals surface area contributed by atoms with Gasteiger partial charge in [0.25, 0.3) is 5.69 Å². The molecule has 0 bridgehead atoms. The molecule has 6 nitrogen and oxygen atoms in total. The minimum Gasteiger partial charge on any atom is -0.481 e. The number of carboxylic acid groups (broad SMARTS) is 1. The van der Waals surface area contributed by atoms with E-state index in [4.69, 9.17) is 5.11 Å². The van der Waals surface area contributed by atoms with Crippen molar-refractivity contribution in [2.45, 2.75) is 19.4 Å². The van der Waals surface area contributed by atoms with E-state index in [2.05, 4.69) is 5.32 Å². The third kappa shape index (κ3) is 2.90. The highest BCUT2D eigenvalue weighted by atomic mass is 16.6. The summed E-state index contributed by atoms with van der Waals surface area (Å²) in [5.74, 6) is -1.29. The maximum atomic E-state index is 10.8. The molecule has 0 heterocycles. The van der Waals surface area contributed by atoms with E-state index in [-0.39, 0.29) is 11.7 Å². The molecule has 0 saturated carbocycles. The third-order valence-electron chi connectivity index (χ3n) is 3.16. The fourth-order valence-corrected chi connectivity index (χ4v) is 2.11. The number of nitrogens with zero attached hydrogens (tertiary/aromatic N) is 1. The number of hydrogen-bond acceptors (Lipinski definition) is 4. The van der Waals surface area contributed by atoms with Crippen molar-refractivity contribution in [1.82, 2.24) is 0 Å². The Morgan fingerprint density at radius 2 is 2.21 bits per heavy atom. The molecule has 6 heteroatoms. The number of non-ortho nitro benzene ring substituents is 1. The van der Waals surface area contributed by atoms with E-state index in [1.165, 1.54) is 12.1 Å². The predicted molar refractivity (Wildman–Crippen MR) is 70.1 cm³/mol. The number of rotatable bonds is 4. The van der Waals surface area contributed by atoms with Crippen LogP contribution in [0.15, 0.2) is 30.4 Å². The zero-order valence-electron chi connectivity index (χ0n) is 10.4. The largest absolute Gasteiger partial charge is 0.481 e. The van der Waals surface area contributed by atoms with E-state index in [0.717, 1.165) is 11.3 Å². The summed E-state index contributed by atoms with van der Waals surface area (Å²) in [6.07, 6.45) is 3.98. The second kappa shape index (κ2) is 5.09. The van der Waals surface area contributed by atoms with Gasteiger partial charge in [0.2, 0.25) is 0 Å². The SMILES string of the molecule is Cc1cc([N+](=O)[O-])ccc1NC1C=CC(C(=O)O)C1. The molecule has 2 N–H and O–H groups in total. The van der Waals surface area contributed by atoms with Crippen LogP contribution in [0.4, 0.5) is 11.4 Å². The normalized spacial score (nSPS) is 21.3. The lowest BCUT2D eigenvalue weighted by Crippen LogP contribution is -2.19. The Bertz CT molecular complexity index is 554. The number of aryl methyl sites for hydroxylation is 1. The van der Waals surface area contributed by atoms with Gasteiger partial charge in [-0.25, -0.2) is 0 Å². The molecular weight excluding hydrogens is 248 g/mol. The molecule has 0 radical (unpaired) electrons. The summed E-state index contributed by atoms with van der Waals surface area (Å²) in [5.41, 5.74) is 1.60. The van der Waals surface area contributed by atoms with Crippen molar-refractivity contribution in [2.75, 3.05) is 5.32 Å². The maximum absolute atomic E-state index is 10.8. The smallest absolute Gasteiger partial charge is 0.310 e. The number of nitro benzene ring substituents is 1. The second-order valence-corrected chi connectivity index (χ2v) is 4.57. The van der Waals surface area contributed by atoms with Crippen molar-refractivity contribution in [2.24, 2.45) is 5.92 Å². The Kier molecular flexibility index (Phi) is 3.50. The lowest BCUT2D eigenvalue weighted by Gasteiger charge is -2.15. The topological polar surface area (TPSA) is 92.5 Å². The molecule has 1 aromatic carbocycles. The average molecular weight is 262 g/mol. The Balaban J connectivity index is 2.07. The van der Waals surface area contributed by atoms with E-state index in [0.29, 0.717) is 6.42 Å². The third-order valence-corrected chi connectivity index (χ3v) is 3.16.